The number of amides is 1. The molecule has 0 fully saturated rings. The van der Waals surface area contributed by atoms with Crippen LogP contribution in [0.5, 0.6) is 5.75 Å². The van der Waals surface area contributed by atoms with E-state index in [1.165, 1.54) is 62.5 Å². The van der Waals surface area contributed by atoms with E-state index in [-0.39, 0.29) is 20.5 Å². The van der Waals surface area contributed by atoms with Crippen LogP contribution in [0.2, 0.25) is 5.02 Å². The molecule has 0 spiro atoms. The predicted octanol–water partition coefficient (Wildman–Crippen LogP) is 3.38. The first-order chi connectivity index (χ1) is 17.5. The number of sulfonamides is 2. The van der Waals surface area contributed by atoms with Gasteiger partial charge in [0.15, 0.2) is 0 Å². The van der Waals surface area contributed by atoms with Crippen LogP contribution >= 0.6 is 11.6 Å². The maximum absolute atomic E-state index is 13.6. The van der Waals surface area contributed by atoms with Crippen molar-refractivity contribution < 1.29 is 26.4 Å². The molecule has 1 aliphatic heterocycles. The molecular weight excluding hydrogens is 538 g/mol. The number of halogens is 1. The number of hydrogen-bond acceptors (Lipinski definition) is 6. The Morgan fingerprint density at radius 1 is 0.946 bits per heavy atom. The van der Waals surface area contributed by atoms with Gasteiger partial charge in [-0.05, 0) is 60.5 Å². The van der Waals surface area contributed by atoms with Gasteiger partial charge >= 0.3 is 0 Å². The molecule has 9 nitrogen and oxygen atoms in total. The normalized spacial score (nSPS) is 13.5. The van der Waals surface area contributed by atoms with E-state index in [1.54, 1.807) is 30.3 Å². The molecule has 0 aliphatic carbocycles. The number of anilines is 2. The lowest BCUT2D eigenvalue weighted by atomic mass is 10.2. The summed E-state index contributed by atoms with van der Waals surface area (Å²) >= 11 is 6.28. The molecule has 0 N–H and O–H groups in total. The fourth-order valence-corrected chi connectivity index (χ4v) is 6.69. The van der Waals surface area contributed by atoms with Crippen LogP contribution in [0.4, 0.5) is 11.4 Å². The van der Waals surface area contributed by atoms with Crippen LogP contribution in [0.25, 0.3) is 0 Å². The zero-order valence-electron chi connectivity index (χ0n) is 20.5. The molecule has 4 rings (SSSR count). The maximum Gasteiger partial charge on any atom is 0.264 e. The van der Waals surface area contributed by atoms with Crippen LogP contribution in [0, 0.1) is 0 Å². The summed E-state index contributed by atoms with van der Waals surface area (Å²) in [5, 5.41) is 0.196. The minimum atomic E-state index is -4.13. The van der Waals surface area contributed by atoms with Gasteiger partial charge in [-0.1, -0.05) is 29.8 Å². The fraction of sp³-hybridized carbons (Fsp3) is 0.240. The molecule has 3 aromatic rings. The molecule has 0 radical (unpaired) electrons. The number of carbonyl (C=O) groups is 1. The molecule has 0 bridgehead atoms. The molecule has 1 amide bonds. The van der Waals surface area contributed by atoms with Crippen molar-refractivity contribution in [3.8, 4) is 5.75 Å². The number of ether oxygens (including phenoxy) is 1. The van der Waals surface area contributed by atoms with Crippen LogP contribution in [0.15, 0.2) is 76.5 Å². The van der Waals surface area contributed by atoms with Gasteiger partial charge < -0.3 is 9.64 Å². The van der Waals surface area contributed by atoms with Crippen molar-refractivity contribution in [1.29, 1.82) is 0 Å². The third-order valence-corrected chi connectivity index (χ3v) is 9.95. The predicted molar refractivity (Wildman–Crippen MR) is 142 cm³/mol. The average Bonchev–Trinajstić information content (AvgIpc) is 3.31. The highest BCUT2D eigenvalue weighted by atomic mass is 35.5. The van der Waals surface area contributed by atoms with Crippen molar-refractivity contribution >= 4 is 48.9 Å². The summed E-state index contributed by atoms with van der Waals surface area (Å²) < 4.78 is 59.6. The summed E-state index contributed by atoms with van der Waals surface area (Å²) in [6, 6.07) is 16.9. The van der Waals surface area contributed by atoms with Crippen molar-refractivity contribution in [3.05, 3.63) is 77.3 Å². The van der Waals surface area contributed by atoms with Gasteiger partial charge in [-0.25, -0.2) is 21.1 Å². The summed E-state index contributed by atoms with van der Waals surface area (Å²) in [6.45, 7) is -0.195. The van der Waals surface area contributed by atoms with Crippen LogP contribution in [-0.2, 0) is 31.3 Å². The molecule has 1 aliphatic rings. The smallest absolute Gasteiger partial charge is 0.264 e. The third-order valence-electron chi connectivity index (χ3n) is 6.06. The topological polar surface area (TPSA) is 104 Å². The Morgan fingerprint density at radius 3 is 2.27 bits per heavy atom. The van der Waals surface area contributed by atoms with Crippen LogP contribution in [0.3, 0.4) is 0 Å². The van der Waals surface area contributed by atoms with Crippen LogP contribution in [0.1, 0.15) is 5.56 Å². The Labute approximate surface area is 221 Å². The first-order valence-corrected chi connectivity index (χ1v) is 14.5. The average molecular weight is 564 g/mol. The molecule has 37 heavy (non-hydrogen) atoms. The van der Waals surface area contributed by atoms with Crippen LogP contribution < -0.4 is 13.9 Å². The molecule has 0 aromatic heterocycles. The summed E-state index contributed by atoms with van der Waals surface area (Å²) in [5.41, 5.74) is 1.45. The molecule has 0 atom stereocenters. The second kappa shape index (κ2) is 10.3. The number of carbonyl (C=O) groups excluding carboxylic acids is 1. The second-order valence-electron chi connectivity index (χ2n) is 8.52. The number of methoxy groups -OCH3 is 1. The number of nitrogens with zero attached hydrogens (tertiary/aromatic N) is 3. The zero-order chi connectivity index (χ0) is 27.0. The molecule has 1 heterocycles. The lowest BCUT2D eigenvalue weighted by molar-refractivity contribution is -0.117. The highest BCUT2D eigenvalue weighted by Crippen LogP contribution is 2.34. The summed E-state index contributed by atoms with van der Waals surface area (Å²) in [6.07, 6.45) is 0.442. The molecular formula is C25H26ClN3O6S2. The van der Waals surface area contributed by atoms with Gasteiger partial charge in [0, 0.05) is 26.3 Å². The molecule has 0 unspecified atom stereocenters. The highest BCUT2D eigenvalue weighted by Gasteiger charge is 2.33. The summed E-state index contributed by atoms with van der Waals surface area (Å²) in [7, 11) is -3.41. The Kier molecular flexibility index (Phi) is 7.52. The first kappa shape index (κ1) is 26.9. The van der Waals surface area contributed by atoms with Crippen molar-refractivity contribution in [3.63, 3.8) is 0 Å². The van der Waals surface area contributed by atoms with Gasteiger partial charge in [-0.15, -0.1) is 0 Å². The first-order valence-electron chi connectivity index (χ1n) is 11.2. The highest BCUT2D eigenvalue weighted by molar-refractivity contribution is 7.92. The lowest BCUT2D eigenvalue weighted by Crippen LogP contribution is -2.42. The summed E-state index contributed by atoms with van der Waals surface area (Å²) in [4.78, 5) is 15.1. The van der Waals surface area contributed by atoms with E-state index in [9.17, 15) is 21.6 Å². The molecule has 196 valence electrons. The molecule has 12 heteroatoms. The Bertz CT molecular complexity index is 1540. The Balaban J connectivity index is 1.70. The van der Waals surface area contributed by atoms with Gasteiger partial charge in [-0.3, -0.25) is 9.10 Å². The molecule has 0 saturated carbocycles. The van der Waals surface area contributed by atoms with Gasteiger partial charge in [0.2, 0.25) is 15.9 Å². The Morgan fingerprint density at radius 2 is 1.65 bits per heavy atom. The third kappa shape index (κ3) is 5.17. The molecule has 3 aromatic carbocycles. The van der Waals surface area contributed by atoms with Crippen molar-refractivity contribution in [1.82, 2.24) is 4.31 Å². The number of hydrogen-bond donors (Lipinski definition) is 0. The second-order valence-corrected chi connectivity index (χ2v) is 12.9. The quantitative estimate of drug-likeness (QED) is 0.416. The lowest BCUT2D eigenvalue weighted by Gasteiger charge is -2.27. The van der Waals surface area contributed by atoms with Gasteiger partial charge in [0.05, 0.1) is 27.6 Å². The van der Waals surface area contributed by atoms with E-state index >= 15 is 0 Å². The molecule has 0 saturated heterocycles. The van der Waals surface area contributed by atoms with Gasteiger partial charge in [0.25, 0.3) is 10.0 Å². The minimum absolute atomic E-state index is 0.0232. The van der Waals surface area contributed by atoms with E-state index in [0.29, 0.717) is 30.0 Å². The maximum atomic E-state index is 13.6. The van der Waals surface area contributed by atoms with Crippen molar-refractivity contribution in [2.75, 3.05) is 43.5 Å². The SMILES string of the molecule is COc1ccc(N(CC(=O)N2CCc3cc(S(=O)(=O)N(C)C)ccc32)S(=O)(=O)c2ccccc2)cc1Cl. The fourth-order valence-electron chi connectivity index (χ4n) is 4.06. The van der Waals surface area contributed by atoms with Crippen molar-refractivity contribution in [2.45, 2.75) is 16.2 Å². The standard InChI is InChI=1S/C25H26ClN3O6S2/c1-27(2)36(31,32)21-10-11-23-18(15-21)13-14-28(23)25(30)17-29(19-9-12-24(35-3)22(26)16-19)37(33,34)20-7-5-4-6-8-20/h4-12,15-16H,13-14,17H2,1-3H3. The van der Waals surface area contributed by atoms with Crippen LogP contribution in [-0.4, -0.2) is 61.3 Å². The summed E-state index contributed by atoms with van der Waals surface area (Å²) in [5.74, 6) is -0.0980. The number of rotatable bonds is 8. The van der Waals surface area contributed by atoms with E-state index in [2.05, 4.69) is 0 Å². The Hall–Kier alpha value is -3.12. The minimum Gasteiger partial charge on any atom is -0.495 e. The zero-order valence-corrected chi connectivity index (χ0v) is 22.8. The number of fused-ring (bicyclic) bond motifs is 1. The van der Waals surface area contributed by atoms with E-state index in [0.717, 1.165) is 8.61 Å². The van der Waals surface area contributed by atoms with E-state index < -0.39 is 32.5 Å². The largest absolute Gasteiger partial charge is 0.495 e. The van der Waals surface area contributed by atoms with Crippen molar-refractivity contribution in [2.24, 2.45) is 0 Å². The van der Waals surface area contributed by atoms with E-state index in [1.807, 2.05) is 0 Å². The van der Waals surface area contributed by atoms with E-state index in [4.69, 9.17) is 16.3 Å². The van der Waals surface area contributed by atoms with Gasteiger partial charge in [-0.2, -0.15) is 0 Å². The monoisotopic (exact) mass is 563 g/mol. The number of benzene rings is 3. The van der Waals surface area contributed by atoms with Gasteiger partial charge in [0.1, 0.15) is 12.3 Å².